The number of hydrogen-bond donors (Lipinski definition) is 1. The van der Waals surface area contributed by atoms with Crippen LogP contribution >= 0.6 is 0 Å². The summed E-state index contributed by atoms with van der Waals surface area (Å²) in [6.45, 7) is 4.73. The Balaban J connectivity index is 1.11. The number of halogens is 1. The van der Waals surface area contributed by atoms with Gasteiger partial charge < -0.3 is 15.0 Å². The standard InChI is InChI=1S/C26H31FN4O3/c1-16-15-34-26(33)31(16)20-6-7-21(23(27)13-20)25(32)30-10-8-29(9-11-30)24-22(18-4-5-18)12-19(14-28-24)17-2-3-17/h6-7,12-14,16-18,24,28H,2-5,8-11,15H2,1H3/t16-,24?/m1/s1. The Bertz CT molecular complexity index is 1070. The molecular formula is C26H31FN4O3. The molecule has 180 valence electrons. The number of rotatable bonds is 5. The first-order valence-electron chi connectivity index (χ1n) is 12.5. The first-order chi connectivity index (χ1) is 16.5. The van der Waals surface area contributed by atoms with Gasteiger partial charge in [0.15, 0.2) is 0 Å². The topological polar surface area (TPSA) is 65.1 Å². The molecule has 5 aliphatic rings. The summed E-state index contributed by atoms with van der Waals surface area (Å²) in [7, 11) is 0. The first kappa shape index (κ1) is 21.6. The van der Waals surface area contributed by atoms with Crippen LogP contribution in [0, 0.1) is 17.7 Å². The van der Waals surface area contributed by atoms with Crippen molar-refractivity contribution in [1.82, 2.24) is 15.1 Å². The molecule has 8 heteroatoms. The molecule has 2 amide bonds. The highest BCUT2D eigenvalue weighted by Crippen LogP contribution is 2.44. The Kier molecular flexibility index (Phi) is 5.36. The molecule has 0 bridgehead atoms. The van der Waals surface area contributed by atoms with E-state index in [1.807, 2.05) is 6.92 Å². The van der Waals surface area contributed by atoms with Gasteiger partial charge in [-0.25, -0.2) is 9.18 Å². The minimum absolute atomic E-state index is 0.0452. The van der Waals surface area contributed by atoms with Gasteiger partial charge in [0.1, 0.15) is 18.6 Å². The van der Waals surface area contributed by atoms with Gasteiger partial charge in [-0.3, -0.25) is 14.6 Å². The lowest BCUT2D eigenvalue weighted by molar-refractivity contribution is 0.0570. The average molecular weight is 467 g/mol. The highest BCUT2D eigenvalue weighted by Gasteiger charge is 2.39. The van der Waals surface area contributed by atoms with Crippen molar-refractivity contribution in [3.05, 3.63) is 53.0 Å². The number of anilines is 1. The molecule has 2 saturated carbocycles. The molecule has 2 aliphatic carbocycles. The van der Waals surface area contributed by atoms with E-state index in [0.717, 1.165) is 19.0 Å². The zero-order valence-corrected chi connectivity index (χ0v) is 19.5. The predicted molar refractivity (Wildman–Crippen MR) is 126 cm³/mol. The van der Waals surface area contributed by atoms with Crippen molar-refractivity contribution in [2.45, 2.75) is 44.8 Å². The van der Waals surface area contributed by atoms with Gasteiger partial charge in [-0.05, 0) is 73.8 Å². The Morgan fingerprint density at radius 1 is 1.09 bits per heavy atom. The number of piperazine rings is 1. The van der Waals surface area contributed by atoms with Crippen molar-refractivity contribution >= 4 is 17.7 Å². The third-order valence-electron chi connectivity index (χ3n) is 7.67. The van der Waals surface area contributed by atoms with Gasteiger partial charge in [0.25, 0.3) is 5.91 Å². The van der Waals surface area contributed by atoms with Crippen molar-refractivity contribution in [1.29, 1.82) is 0 Å². The summed E-state index contributed by atoms with van der Waals surface area (Å²) < 4.78 is 19.9. The minimum atomic E-state index is -0.609. The maximum absolute atomic E-state index is 14.9. The monoisotopic (exact) mass is 466 g/mol. The lowest BCUT2D eigenvalue weighted by Gasteiger charge is -2.41. The van der Waals surface area contributed by atoms with Gasteiger partial charge in [0, 0.05) is 32.4 Å². The minimum Gasteiger partial charge on any atom is -0.447 e. The fourth-order valence-corrected chi connectivity index (χ4v) is 5.37. The molecule has 3 heterocycles. The molecule has 7 nitrogen and oxygen atoms in total. The molecule has 3 aliphatic heterocycles. The van der Waals surface area contributed by atoms with Crippen LogP contribution < -0.4 is 10.2 Å². The van der Waals surface area contributed by atoms with E-state index in [9.17, 15) is 14.0 Å². The molecule has 6 rings (SSSR count). The number of hydrogen-bond acceptors (Lipinski definition) is 5. The van der Waals surface area contributed by atoms with E-state index in [4.69, 9.17) is 4.74 Å². The Morgan fingerprint density at radius 3 is 2.44 bits per heavy atom. The summed E-state index contributed by atoms with van der Waals surface area (Å²) in [6, 6.07) is 4.20. The van der Waals surface area contributed by atoms with Crippen LogP contribution in [0.4, 0.5) is 14.9 Å². The largest absolute Gasteiger partial charge is 0.447 e. The fourth-order valence-electron chi connectivity index (χ4n) is 5.37. The smallest absolute Gasteiger partial charge is 0.414 e. The maximum atomic E-state index is 14.9. The highest BCUT2D eigenvalue weighted by atomic mass is 19.1. The van der Waals surface area contributed by atoms with Crippen molar-refractivity contribution in [3.8, 4) is 0 Å². The number of benzene rings is 1. The quantitative estimate of drug-likeness (QED) is 0.720. The number of carbonyl (C=O) groups excluding carboxylic acids is 2. The SMILES string of the molecule is C[C@@H]1COC(=O)N1c1ccc(C(=O)N2CCN(C3NC=C(C4CC4)C=C3C3CC3)CC2)c(F)c1. The number of allylic oxidation sites excluding steroid dienone is 2. The van der Waals surface area contributed by atoms with Crippen LogP contribution in [-0.4, -0.2) is 66.8 Å². The highest BCUT2D eigenvalue weighted by molar-refractivity contribution is 5.96. The van der Waals surface area contributed by atoms with Crippen LogP contribution in [0.15, 0.2) is 41.6 Å². The number of cyclic esters (lactones) is 1. The molecule has 2 saturated heterocycles. The van der Waals surface area contributed by atoms with E-state index >= 15 is 0 Å². The number of ether oxygens (including phenoxy) is 1. The predicted octanol–water partition coefficient (Wildman–Crippen LogP) is 3.49. The molecule has 1 aromatic carbocycles. The lowest BCUT2D eigenvalue weighted by atomic mass is 9.98. The molecular weight excluding hydrogens is 435 g/mol. The van der Waals surface area contributed by atoms with Gasteiger partial charge >= 0.3 is 6.09 Å². The second-order valence-corrected chi connectivity index (χ2v) is 10.2. The summed E-state index contributed by atoms with van der Waals surface area (Å²) in [6.07, 6.45) is 9.47. The Hall–Kier alpha value is -2.87. The lowest BCUT2D eigenvalue weighted by Crippen LogP contribution is -2.56. The Morgan fingerprint density at radius 2 is 1.82 bits per heavy atom. The number of nitrogens with zero attached hydrogens (tertiary/aromatic N) is 3. The molecule has 1 N–H and O–H groups in total. The molecule has 2 atom stereocenters. The third-order valence-corrected chi connectivity index (χ3v) is 7.67. The van der Waals surface area contributed by atoms with Crippen LogP contribution in [0.5, 0.6) is 0 Å². The van der Waals surface area contributed by atoms with E-state index in [0.29, 0.717) is 24.7 Å². The summed E-state index contributed by atoms with van der Waals surface area (Å²) >= 11 is 0. The van der Waals surface area contributed by atoms with Gasteiger partial charge in [-0.2, -0.15) is 0 Å². The van der Waals surface area contributed by atoms with E-state index in [1.54, 1.807) is 11.0 Å². The Labute approximate surface area is 199 Å². The zero-order chi connectivity index (χ0) is 23.4. The third kappa shape index (κ3) is 3.98. The van der Waals surface area contributed by atoms with Crippen molar-refractivity contribution in [2.24, 2.45) is 11.8 Å². The van der Waals surface area contributed by atoms with Crippen molar-refractivity contribution in [2.75, 3.05) is 37.7 Å². The van der Waals surface area contributed by atoms with Crippen LogP contribution in [0.1, 0.15) is 43.0 Å². The van der Waals surface area contributed by atoms with Crippen LogP contribution in [0.2, 0.25) is 0 Å². The number of carbonyl (C=O) groups is 2. The van der Waals surface area contributed by atoms with E-state index < -0.39 is 11.9 Å². The summed E-state index contributed by atoms with van der Waals surface area (Å²) in [5.74, 6) is 0.508. The first-order valence-corrected chi connectivity index (χ1v) is 12.5. The second-order valence-electron chi connectivity index (χ2n) is 10.2. The zero-order valence-electron chi connectivity index (χ0n) is 19.5. The van der Waals surface area contributed by atoms with Gasteiger partial charge in [0.2, 0.25) is 0 Å². The summed E-state index contributed by atoms with van der Waals surface area (Å²) in [4.78, 5) is 30.6. The average Bonchev–Trinajstić information content (AvgIpc) is 3.76. The van der Waals surface area contributed by atoms with Crippen LogP contribution in [0.3, 0.4) is 0 Å². The molecule has 4 fully saturated rings. The van der Waals surface area contributed by atoms with Gasteiger partial charge in [-0.15, -0.1) is 0 Å². The van der Waals surface area contributed by atoms with Crippen LogP contribution in [0.25, 0.3) is 0 Å². The van der Waals surface area contributed by atoms with Gasteiger partial charge in [0.05, 0.1) is 17.3 Å². The van der Waals surface area contributed by atoms with Crippen molar-refractivity contribution < 1.29 is 18.7 Å². The van der Waals surface area contributed by atoms with E-state index in [1.165, 1.54) is 53.9 Å². The fraction of sp³-hybridized carbons (Fsp3) is 0.538. The number of nitrogens with one attached hydrogen (secondary N) is 1. The maximum Gasteiger partial charge on any atom is 0.414 e. The van der Waals surface area contributed by atoms with Crippen LogP contribution in [-0.2, 0) is 4.74 Å². The van der Waals surface area contributed by atoms with Gasteiger partial charge in [-0.1, -0.05) is 6.08 Å². The number of amides is 2. The molecule has 34 heavy (non-hydrogen) atoms. The van der Waals surface area contributed by atoms with Crippen molar-refractivity contribution in [3.63, 3.8) is 0 Å². The summed E-state index contributed by atoms with van der Waals surface area (Å²) in [5, 5.41) is 3.65. The molecule has 1 unspecified atom stereocenters. The van der Waals surface area contributed by atoms with E-state index in [-0.39, 0.29) is 30.3 Å². The number of dihydropyridines is 1. The van der Waals surface area contributed by atoms with E-state index in [2.05, 4.69) is 22.5 Å². The molecule has 0 aromatic heterocycles. The normalized spacial score (nSPS) is 27.8. The second kappa shape index (κ2) is 8.41. The summed E-state index contributed by atoms with van der Waals surface area (Å²) in [5.41, 5.74) is 3.40. The molecule has 1 aromatic rings. The molecule has 0 radical (unpaired) electrons. The molecule has 0 spiro atoms.